The Labute approximate surface area is 106 Å². The van der Waals surface area contributed by atoms with Gasteiger partial charge in [0, 0.05) is 6.54 Å². The van der Waals surface area contributed by atoms with Crippen LogP contribution in [0.1, 0.15) is 5.56 Å². The Hall–Kier alpha value is -2.35. The topological polar surface area (TPSA) is 59.6 Å². The van der Waals surface area contributed by atoms with Gasteiger partial charge in [0.15, 0.2) is 11.5 Å². The molecule has 0 aliphatic heterocycles. The van der Waals surface area contributed by atoms with E-state index >= 15 is 0 Å². The number of benzene rings is 1. The molecule has 2 amide bonds. The zero-order valence-electron chi connectivity index (χ0n) is 10.4. The van der Waals surface area contributed by atoms with E-state index in [4.69, 9.17) is 15.9 Å². The molecule has 0 heterocycles. The number of methoxy groups -OCH3 is 2. The lowest BCUT2D eigenvalue weighted by atomic mass is 10.2. The molecular formula is C13H16N2O3. The van der Waals surface area contributed by atoms with E-state index in [0.717, 1.165) is 5.56 Å². The van der Waals surface area contributed by atoms with Crippen LogP contribution >= 0.6 is 0 Å². The van der Waals surface area contributed by atoms with Crippen molar-refractivity contribution in [2.24, 2.45) is 0 Å². The molecule has 1 aromatic carbocycles. The molecule has 0 bridgehead atoms. The minimum Gasteiger partial charge on any atom is -0.493 e. The third-order valence-electron chi connectivity index (χ3n) is 2.25. The fourth-order valence-electron chi connectivity index (χ4n) is 1.37. The second-order valence-corrected chi connectivity index (χ2v) is 3.43. The molecule has 0 atom stereocenters. The van der Waals surface area contributed by atoms with Crippen LogP contribution in [0, 0.1) is 12.3 Å². The van der Waals surface area contributed by atoms with E-state index in [1.165, 1.54) is 0 Å². The standard InChI is InChI=1S/C13H16N2O3/c1-4-7-14-13(16)15-9-10-5-6-11(17-2)12(8-10)18-3/h1,5-6,8H,7,9H2,2-3H3,(H2,14,15,16). The van der Waals surface area contributed by atoms with Crippen LogP contribution in [-0.4, -0.2) is 26.8 Å². The highest BCUT2D eigenvalue weighted by molar-refractivity contribution is 5.74. The number of hydrogen-bond donors (Lipinski definition) is 2. The first kappa shape index (κ1) is 13.7. The monoisotopic (exact) mass is 248 g/mol. The molecule has 1 rings (SSSR count). The number of hydrogen-bond acceptors (Lipinski definition) is 3. The van der Waals surface area contributed by atoms with Crippen molar-refractivity contribution >= 4 is 6.03 Å². The molecule has 96 valence electrons. The lowest BCUT2D eigenvalue weighted by Crippen LogP contribution is -2.35. The quantitative estimate of drug-likeness (QED) is 0.768. The smallest absolute Gasteiger partial charge is 0.315 e. The van der Waals surface area contributed by atoms with Crippen LogP contribution in [-0.2, 0) is 6.54 Å². The fourth-order valence-corrected chi connectivity index (χ4v) is 1.37. The number of carbonyl (C=O) groups excluding carboxylic acids is 1. The molecule has 0 spiro atoms. The molecule has 0 saturated heterocycles. The van der Waals surface area contributed by atoms with Gasteiger partial charge in [-0.05, 0) is 17.7 Å². The summed E-state index contributed by atoms with van der Waals surface area (Å²) in [5, 5.41) is 5.19. The summed E-state index contributed by atoms with van der Waals surface area (Å²) in [7, 11) is 3.14. The van der Waals surface area contributed by atoms with Crippen LogP contribution in [0.3, 0.4) is 0 Å². The minimum absolute atomic E-state index is 0.206. The van der Waals surface area contributed by atoms with Crippen molar-refractivity contribution in [1.29, 1.82) is 0 Å². The Balaban J connectivity index is 2.58. The summed E-state index contributed by atoms with van der Waals surface area (Å²) >= 11 is 0. The zero-order chi connectivity index (χ0) is 13.4. The highest BCUT2D eigenvalue weighted by Crippen LogP contribution is 2.27. The summed E-state index contributed by atoms with van der Waals surface area (Å²) in [4.78, 5) is 11.3. The van der Waals surface area contributed by atoms with Crippen molar-refractivity contribution in [1.82, 2.24) is 10.6 Å². The predicted molar refractivity (Wildman–Crippen MR) is 68.6 cm³/mol. The Morgan fingerprint density at radius 1 is 1.28 bits per heavy atom. The largest absolute Gasteiger partial charge is 0.493 e. The lowest BCUT2D eigenvalue weighted by molar-refractivity contribution is 0.241. The summed E-state index contributed by atoms with van der Waals surface area (Å²) in [5.74, 6) is 3.60. The Morgan fingerprint density at radius 2 is 2.00 bits per heavy atom. The van der Waals surface area contributed by atoms with Crippen molar-refractivity contribution < 1.29 is 14.3 Å². The Kier molecular flexibility index (Phi) is 5.39. The lowest BCUT2D eigenvalue weighted by Gasteiger charge is -2.10. The Morgan fingerprint density at radius 3 is 2.61 bits per heavy atom. The molecule has 18 heavy (non-hydrogen) atoms. The zero-order valence-corrected chi connectivity index (χ0v) is 10.4. The Bertz CT molecular complexity index is 452. The van der Waals surface area contributed by atoms with E-state index in [1.54, 1.807) is 26.4 Å². The summed E-state index contributed by atoms with van der Waals surface area (Å²) in [6.07, 6.45) is 5.03. The molecule has 5 nitrogen and oxygen atoms in total. The predicted octanol–water partition coefficient (Wildman–Crippen LogP) is 1.14. The molecule has 0 radical (unpaired) electrons. The van der Waals surface area contributed by atoms with Gasteiger partial charge in [0.25, 0.3) is 0 Å². The maximum absolute atomic E-state index is 11.3. The third kappa shape index (κ3) is 3.91. The van der Waals surface area contributed by atoms with Crippen molar-refractivity contribution in [3.05, 3.63) is 23.8 Å². The van der Waals surface area contributed by atoms with E-state index in [1.807, 2.05) is 6.07 Å². The van der Waals surface area contributed by atoms with E-state index in [-0.39, 0.29) is 12.6 Å². The number of rotatable bonds is 5. The molecule has 2 N–H and O–H groups in total. The van der Waals surface area contributed by atoms with Crippen LogP contribution in [0.2, 0.25) is 0 Å². The number of amides is 2. The molecule has 0 aromatic heterocycles. The van der Waals surface area contributed by atoms with Gasteiger partial charge in [-0.15, -0.1) is 6.42 Å². The highest BCUT2D eigenvalue weighted by Gasteiger charge is 2.05. The summed E-state index contributed by atoms with van der Waals surface area (Å²) in [6.45, 7) is 0.592. The van der Waals surface area contributed by atoms with Crippen molar-refractivity contribution in [3.63, 3.8) is 0 Å². The summed E-state index contributed by atoms with van der Waals surface area (Å²) in [5.41, 5.74) is 0.906. The van der Waals surface area contributed by atoms with Gasteiger partial charge in [0.2, 0.25) is 0 Å². The van der Waals surface area contributed by atoms with E-state index in [9.17, 15) is 4.79 Å². The van der Waals surface area contributed by atoms with Gasteiger partial charge in [-0.25, -0.2) is 4.79 Å². The maximum Gasteiger partial charge on any atom is 0.315 e. The van der Waals surface area contributed by atoms with Gasteiger partial charge in [-0.2, -0.15) is 0 Å². The molecule has 1 aromatic rings. The fraction of sp³-hybridized carbons (Fsp3) is 0.308. The van der Waals surface area contributed by atoms with Crippen LogP contribution in [0.4, 0.5) is 4.79 Å². The SMILES string of the molecule is C#CCNC(=O)NCc1ccc(OC)c(OC)c1. The van der Waals surface area contributed by atoms with Gasteiger partial charge >= 0.3 is 6.03 Å². The number of nitrogens with one attached hydrogen (secondary N) is 2. The first-order valence-electron chi connectivity index (χ1n) is 5.37. The van der Waals surface area contributed by atoms with E-state index in [2.05, 4.69) is 16.6 Å². The number of urea groups is 1. The van der Waals surface area contributed by atoms with Crippen LogP contribution in [0.25, 0.3) is 0 Å². The van der Waals surface area contributed by atoms with Gasteiger partial charge < -0.3 is 20.1 Å². The molecule has 0 fully saturated rings. The summed E-state index contributed by atoms with van der Waals surface area (Å²) in [6, 6.07) is 5.14. The second-order valence-electron chi connectivity index (χ2n) is 3.43. The maximum atomic E-state index is 11.3. The van der Waals surface area contributed by atoms with E-state index < -0.39 is 0 Å². The average Bonchev–Trinajstić information content (AvgIpc) is 2.42. The third-order valence-corrected chi connectivity index (χ3v) is 2.25. The van der Waals surface area contributed by atoms with Crippen LogP contribution in [0.15, 0.2) is 18.2 Å². The highest BCUT2D eigenvalue weighted by atomic mass is 16.5. The normalized spacial score (nSPS) is 9.17. The van der Waals surface area contributed by atoms with Crippen LogP contribution < -0.4 is 20.1 Å². The van der Waals surface area contributed by atoms with Gasteiger partial charge in [-0.3, -0.25) is 0 Å². The molecule has 5 heteroatoms. The first-order valence-corrected chi connectivity index (χ1v) is 5.37. The molecule has 0 aliphatic carbocycles. The van der Waals surface area contributed by atoms with Crippen LogP contribution in [0.5, 0.6) is 11.5 Å². The van der Waals surface area contributed by atoms with Crippen molar-refractivity contribution in [3.8, 4) is 23.8 Å². The molecule has 0 aliphatic rings. The van der Waals surface area contributed by atoms with Gasteiger partial charge in [0.1, 0.15) is 0 Å². The van der Waals surface area contributed by atoms with Gasteiger partial charge in [0.05, 0.1) is 20.8 Å². The molecule has 0 unspecified atom stereocenters. The second kappa shape index (κ2) is 7.07. The number of carbonyl (C=O) groups is 1. The van der Waals surface area contributed by atoms with Crippen molar-refractivity contribution in [2.75, 3.05) is 20.8 Å². The minimum atomic E-state index is -0.303. The molecular weight excluding hydrogens is 232 g/mol. The van der Waals surface area contributed by atoms with Crippen molar-refractivity contribution in [2.45, 2.75) is 6.54 Å². The summed E-state index contributed by atoms with van der Waals surface area (Å²) < 4.78 is 10.3. The molecule has 0 saturated carbocycles. The average molecular weight is 248 g/mol. The number of ether oxygens (including phenoxy) is 2. The van der Waals surface area contributed by atoms with E-state index in [0.29, 0.717) is 18.0 Å². The number of terminal acetylenes is 1. The first-order chi connectivity index (χ1) is 8.71. The van der Waals surface area contributed by atoms with Gasteiger partial charge in [-0.1, -0.05) is 12.0 Å².